The van der Waals surface area contributed by atoms with E-state index in [1.165, 1.54) is 32.1 Å². The van der Waals surface area contributed by atoms with E-state index in [1.54, 1.807) is 0 Å². The Morgan fingerprint density at radius 2 is 1.93 bits per heavy atom. The summed E-state index contributed by atoms with van der Waals surface area (Å²) in [5, 5.41) is 0. The van der Waals surface area contributed by atoms with Gasteiger partial charge >= 0.3 is 0 Å². The molecule has 0 aliphatic rings. The summed E-state index contributed by atoms with van der Waals surface area (Å²) in [6.07, 6.45) is 12.6. The average Bonchev–Trinajstić information content (AvgIpc) is 2.63. The number of hydrogen-bond donors (Lipinski definition) is 0. The highest BCUT2D eigenvalue weighted by atomic mass is 15.0. The number of aromatic nitrogens is 2. The predicted molar refractivity (Wildman–Crippen MR) is 60.2 cm³/mol. The van der Waals surface area contributed by atoms with Crippen molar-refractivity contribution in [2.45, 2.75) is 52.5 Å². The van der Waals surface area contributed by atoms with Crippen LogP contribution in [0.2, 0.25) is 0 Å². The maximum Gasteiger partial charge on any atom is 0.0945 e. The molecule has 0 aliphatic carbocycles. The van der Waals surface area contributed by atoms with Crippen molar-refractivity contribution < 1.29 is 0 Å². The lowest BCUT2D eigenvalue weighted by atomic mass is 10.0. The maximum absolute atomic E-state index is 4.02. The summed E-state index contributed by atoms with van der Waals surface area (Å²) in [6, 6.07) is 0. The van der Waals surface area contributed by atoms with E-state index < -0.39 is 0 Å². The lowest BCUT2D eigenvalue weighted by molar-refractivity contribution is 0.505. The zero-order chi connectivity index (χ0) is 10.2. The molecule has 0 spiro atoms. The Hall–Kier alpha value is -0.790. The van der Waals surface area contributed by atoms with Gasteiger partial charge in [-0.1, -0.05) is 39.5 Å². The van der Waals surface area contributed by atoms with Crippen molar-refractivity contribution in [2.75, 3.05) is 0 Å². The molecule has 0 atom stereocenters. The average molecular weight is 194 g/mol. The molecule has 80 valence electrons. The minimum atomic E-state index is 0.864. The molecule has 1 aromatic rings. The highest BCUT2D eigenvalue weighted by molar-refractivity contribution is 4.73. The first-order chi connectivity index (χ1) is 6.79. The highest BCUT2D eigenvalue weighted by Crippen LogP contribution is 2.09. The maximum atomic E-state index is 4.02. The van der Waals surface area contributed by atoms with E-state index in [0.717, 1.165) is 12.5 Å². The van der Waals surface area contributed by atoms with Crippen LogP contribution in [0.5, 0.6) is 0 Å². The number of nitrogens with zero attached hydrogens (tertiary/aromatic N) is 2. The van der Waals surface area contributed by atoms with Crippen molar-refractivity contribution in [1.82, 2.24) is 9.55 Å². The molecule has 0 bridgehead atoms. The van der Waals surface area contributed by atoms with Crippen molar-refractivity contribution in [2.24, 2.45) is 5.92 Å². The molecule has 0 radical (unpaired) electrons. The number of imidazole rings is 1. The molecule has 1 rings (SSSR count). The fourth-order valence-electron chi connectivity index (χ4n) is 1.62. The number of aryl methyl sites for hydroxylation is 1. The van der Waals surface area contributed by atoms with Gasteiger partial charge in [-0.2, -0.15) is 0 Å². The van der Waals surface area contributed by atoms with Crippen LogP contribution >= 0.6 is 0 Å². The molecule has 2 nitrogen and oxygen atoms in total. The van der Waals surface area contributed by atoms with Crippen LogP contribution in [0.1, 0.15) is 46.0 Å². The number of rotatable bonds is 7. The largest absolute Gasteiger partial charge is 0.337 e. The van der Waals surface area contributed by atoms with Crippen LogP contribution in [0.3, 0.4) is 0 Å². The quantitative estimate of drug-likeness (QED) is 0.607. The lowest BCUT2D eigenvalue weighted by Gasteiger charge is -2.04. The fraction of sp³-hybridized carbons (Fsp3) is 0.750. The molecule has 1 heterocycles. The minimum Gasteiger partial charge on any atom is -0.337 e. The molecule has 0 saturated carbocycles. The van der Waals surface area contributed by atoms with Gasteiger partial charge in [0.15, 0.2) is 0 Å². The summed E-state index contributed by atoms with van der Waals surface area (Å²) in [7, 11) is 0. The zero-order valence-electron chi connectivity index (χ0n) is 9.45. The van der Waals surface area contributed by atoms with E-state index in [0.29, 0.717) is 0 Å². The molecule has 0 aliphatic heterocycles. The Morgan fingerprint density at radius 1 is 1.14 bits per heavy atom. The van der Waals surface area contributed by atoms with Crippen molar-refractivity contribution in [3.05, 3.63) is 18.7 Å². The number of unbranched alkanes of at least 4 members (excludes halogenated alkanes) is 3. The van der Waals surface area contributed by atoms with Gasteiger partial charge in [0.05, 0.1) is 6.33 Å². The molecule has 0 amide bonds. The Balaban J connectivity index is 1.90. The molecule has 14 heavy (non-hydrogen) atoms. The molecular formula is C12H22N2. The van der Waals surface area contributed by atoms with Gasteiger partial charge in [-0.05, 0) is 12.3 Å². The van der Waals surface area contributed by atoms with Crippen LogP contribution in [-0.2, 0) is 6.54 Å². The van der Waals surface area contributed by atoms with Gasteiger partial charge < -0.3 is 4.57 Å². The molecule has 0 unspecified atom stereocenters. The van der Waals surface area contributed by atoms with E-state index >= 15 is 0 Å². The second kappa shape index (κ2) is 6.63. The van der Waals surface area contributed by atoms with Crippen LogP contribution in [0.25, 0.3) is 0 Å². The first-order valence-corrected chi connectivity index (χ1v) is 5.75. The molecule has 2 heteroatoms. The summed E-state index contributed by atoms with van der Waals surface area (Å²) in [6.45, 7) is 5.72. The van der Waals surface area contributed by atoms with E-state index in [4.69, 9.17) is 0 Å². The fourth-order valence-corrected chi connectivity index (χ4v) is 1.62. The lowest BCUT2D eigenvalue weighted by Crippen LogP contribution is -1.94. The Kier molecular flexibility index (Phi) is 5.35. The van der Waals surface area contributed by atoms with E-state index in [1.807, 2.05) is 18.7 Å². The minimum absolute atomic E-state index is 0.864. The highest BCUT2D eigenvalue weighted by Gasteiger charge is 1.94. The van der Waals surface area contributed by atoms with E-state index in [-0.39, 0.29) is 0 Å². The van der Waals surface area contributed by atoms with Crippen LogP contribution < -0.4 is 0 Å². The normalized spacial score (nSPS) is 11.1. The third-order valence-electron chi connectivity index (χ3n) is 2.51. The topological polar surface area (TPSA) is 17.8 Å². The molecule has 0 N–H and O–H groups in total. The van der Waals surface area contributed by atoms with Crippen molar-refractivity contribution >= 4 is 0 Å². The first-order valence-electron chi connectivity index (χ1n) is 5.75. The van der Waals surface area contributed by atoms with E-state index in [2.05, 4.69) is 23.4 Å². The second-order valence-electron chi connectivity index (χ2n) is 4.40. The Labute approximate surface area is 87.4 Å². The van der Waals surface area contributed by atoms with Gasteiger partial charge in [-0.25, -0.2) is 4.98 Å². The smallest absolute Gasteiger partial charge is 0.0945 e. The van der Waals surface area contributed by atoms with Crippen molar-refractivity contribution in [1.29, 1.82) is 0 Å². The second-order valence-corrected chi connectivity index (χ2v) is 4.40. The summed E-state index contributed by atoms with van der Waals surface area (Å²) in [4.78, 5) is 4.02. The molecule has 0 saturated heterocycles. The third kappa shape index (κ3) is 5.05. The van der Waals surface area contributed by atoms with Crippen LogP contribution in [0.4, 0.5) is 0 Å². The van der Waals surface area contributed by atoms with Gasteiger partial charge in [-0.15, -0.1) is 0 Å². The van der Waals surface area contributed by atoms with Gasteiger partial charge in [0.2, 0.25) is 0 Å². The summed E-state index contributed by atoms with van der Waals surface area (Å²) in [5.41, 5.74) is 0. The standard InChI is InChI=1S/C12H22N2/c1-12(2)7-5-3-4-6-9-14-10-8-13-11-14/h8,10-12H,3-7,9H2,1-2H3. The monoisotopic (exact) mass is 194 g/mol. The molecule has 0 aromatic carbocycles. The first kappa shape index (κ1) is 11.3. The van der Waals surface area contributed by atoms with Crippen LogP contribution in [0, 0.1) is 5.92 Å². The van der Waals surface area contributed by atoms with Gasteiger partial charge in [-0.3, -0.25) is 0 Å². The summed E-state index contributed by atoms with van der Waals surface area (Å²) in [5.74, 6) is 0.864. The predicted octanol–water partition coefficient (Wildman–Crippen LogP) is 3.49. The number of hydrogen-bond acceptors (Lipinski definition) is 1. The zero-order valence-corrected chi connectivity index (χ0v) is 9.45. The van der Waals surface area contributed by atoms with Gasteiger partial charge in [0, 0.05) is 18.9 Å². The van der Waals surface area contributed by atoms with Gasteiger partial charge in [0.1, 0.15) is 0 Å². The SMILES string of the molecule is CC(C)CCCCCCn1ccnc1. The Bertz CT molecular complexity index is 214. The van der Waals surface area contributed by atoms with E-state index in [9.17, 15) is 0 Å². The molecule has 1 aromatic heterocycles. The van der Waals surface area contributed by atoms with Crippen molar-refractivity contribution in [3.63, 3.8) is 0 Å². The Morgan fingerprint density at radius 3 is 2.57 bits per heavy atom. The third-order valence-corrected chi connectivity index (χ3v) is 2.51. The summed E-state index contributed by atoms with van der Waals surface area (Å²) >= 11 is 0. The summed E-state index contributed by atoms with van der Waals surface area (Å²) < 4.78 is 2.16. The van der Waals surface area contributed by atoms with Crippen LogP contribution in [-0.4, -0.2) is 9.55 Å². The molecular weight excluding hydrogens is 172 g/mol. The van der Waals surface area contributed by atoms with Gasteiger partial charge in [0.25, 0.3) is 0 Å². The van der Waals surface area contributed by atoms with Crippen molar-refractivity contribution in [3.8, 4) is 0 Å². The molecule has 0 fully saturated rings. The van der Waals surface area contributed by atoms with Crippen LogP contribution in [0.15, 0.2) is 18.7 Å².